The van der Waals surface area contributed by atoms with Crippen LogP contribution in [-0.4, -0.2) is 93.7 Å². The number of benzene rings is 3. The Morgan fingerprint density at radius 2 is 1.62 bits per heavy atom. The number of likely N-dealkylation sites (N-methyl/N-ethyl adjacent to an activating group) is 1. The van der Waals surface area contributed by atoms with E-state index in [2.05, 4.69) is 15.5 Å². The van der Waals surface area contributed by atoms with Crippen molar-refractivity contribution in [1.82, 2.24) is 20.4 Å². The third-order valence-corrected chi connectivity index (χ3v) is 8.51. The van der Waals surface area contributed by atoms with Gasteiger partial charge in [0.2, 0.25) is 5.91 Å². The number of carbonyl (C=O) groups is 3. The van der Waals surface area contributed by atoms with Gasteiger partial charge in [-0.3, -0.25) is 19.2 Å². The minimum atomic E-state index is -0.621. The summed E-state index contributed by atoms with van der Waals surface area (Å²) >= 11 is 7.12. The molecule has 0 aliphatic carbocycles. The lowest BCUT2D eigenvalue weighted by molar-refractivity contribution is -0.130. The minimum absolute atomic E-state index is 0.126. The van der Waals surface area contributed by atoms with Crippen molar-refractivity contribution >= 4 is 57.7 Å². The Morgan fingerprint density at radius 3 is 2.28 bits per heavy atom. The van der Waals surface area contributed by atoms with E-state index < -0.39 is 5.91 Å². The van der Waals surface area contributed by atoms with Gasteiger partial charge in [0.1, 0.15) is 5.58 Å². The fourth-order valence-corrected chi connectivity index (χ4v) is 5.45. The van der Waals surface area contributed by atoms with E-state index in [-0.39, 0.29) is 29.5 Å². The first-order valence-electron chi connectivity index (χ1n) is 15.2. The summed E-state index contributed by atoms with van der Waals surface area (Å²) in [7, 11) is 3.91. The second-order valence-corrected chi connectivity index (χ2v) is 12.6. The van der Waals surface area contributed by atoms with Gasteiger partial charge in [0.05, 0.1) is 17.5 Å². The standard InChI is InChI=1S/C28H33N5O5S.C7H7Cl/c1-31(2)11-10-29-27(36)20-6-4-5-7-22(20)32-12-14-33(15-13-32)26(35)18-30-28(37)25-17-23(34)21-16-19(39-3)8-9-24(21)38-25;1-6-2-4-7(8)5-3-6/h4-9,16-17H,10-15,18H2,1-3H3,(H,29,36)(H,30,37);2-5H,1H3. The van der Waals surface area contributed by atoms with E-state index in [9.17, 15) is 19.2 Å². The molecule has 1 aliphatic heterocycles. The average molecular weight is 678 g/mol. The smallest absolute Gasteiger partial charge is 0.287 e. The summed E-state index contributed by atoms with van der Waals surface area (Å²) in [6, 6.07) is 21.6. The molecule has 0 saturated carbocycles. The molecule has 2 N–H and O–H groups in total. The maximum Gasteiger partial charge on any atom is 0.287 e. The van der Waals surface area contributed by atoms with Crippen molar-refractivity contribution in [3.05, 3.63) is 105 Å². The number of hydrogen-bond donors (Lipinski definition) is 2. The van der Waals surface area contributed by atoms with Gasteiger partial charge in [-0.25, -0.2) is 0 Å². The van der Waals surface area contributed by atoms with Gasteiger partial charge in [-0.05, 0) is 69.7 Å². The second kappa shape index (κ2) is 17.0. The molecule has 2 heterocycles. The number of anilines is 1. The number of rotatable bonds is 9. The van der Waals surface area contributed by atoms with Crippen LogP contribution in [-0.2, 0) is 4.79 Å². The number of nitrogens with zero attached hydrogens (tertiary/aromatic N) is 3. The quantitative estimate of drug-likeness (QED) is 0.249. The summed E-state index contributed by atoms with van der Waals surface area (Å²) < 4.78 is 5.62. The molecule has 10 nitrogen and oxygen atoms in total. The number of halogens is 1. The zero-order valence-corrected chi connectivity index (χ0v) is 28.6. The number of fused-ring (bicyclic) bond motifs is 1. The highest BCUT2D eigenvalue weighted by atomic mass is 35.5. The Labute approximate surface area is 284 Å². The Bertz CT molecular complexity index is 1730. The number of nitrogens with one attached hydrogen (secondary N) is 2. The fraction of sp³-hybridized carbons (Fsp3) is 0.314. The Balaban J connectivity index is 0.000000546. The van der Waals surface area contributed by atoms with E-state index in [1.807, 2.05) is 80.7 Å². The van der Waals surface area contributed by atoms with Crippen LogP contribution < -0.4 is 21.0 Å². The highest BCUT2D eigenvalue weighted by Gasteiger charge is 2.24. The topological polar surface area (TPSA) is 115 Å². The Morgan fingerprint density at radius 1 is 0.915 bits per heavy atom. The number of carbonyl (C=O) groups excluding carboxylic acids is 3. The molecular weight excluding hydrogens is 638 g/mol. The van der Waals surface area contributed by atoms with Gasteiger partial charge in [0.15, 0.2) is 11.2 Å². The molecule has 0 spiro atoms. The van der Waals surface area contributed by atoms with Gasteiger partial charge in [0, 0.05) is 60.9 Å². The first-order chi connectivity index (χ1) is 22.5. The Hall–Kier alpha value is -4.32. The van der Waals surface area contributed by atoms with Crippen molar-refractivity contribution in [2.24, 2.45) is 0 Å². The van der Waals surface area contributed by atoms with Crippen molar-refractivity contribution in [2.75, 3.05) is 71.1 Å². The van der Waals surface area contributed by atoms with Gasteiger partial charge in [-0.2, -0.15) is 0 Å². The summed E-state index contributed by atoms with van der Waals surface area (Å²) in [4.78, 5) is 57.4. The number of aryl methyl sites for hydroxylation is 1. The van der Waals surface area contributed by atoms with Crippen LogP contribution in [0.25, 0.3) is 11.0 Å². The molecule has 0 atom stereocenters. The van der Waals surface area contributed by atoms with E-state index in [4.69, 9.17) is 16.0 Å². The van der Waals surface area contributed by atoms with E-state index in [0.717, 1.165) is 28.2 Å². The first kappa shape index (κ1) is 35.5. The molecule has 248 valence electrons. The van der Waals surface area contributed by atoms with Gasteiger partial charge in [0.25, 0.3) is 11.8 Å². The van der Waals surface area contributed by atoms with Crippen LogP contribution in [0.2, 0.25) is 5.02 Å². The van der Waals surface area contributed by atoms with E-state index in [1.165, 1.54) is 17.3 Å². The van der Waals surface area contributed by atoms with E-state index in [1.54, 1.807) is 23.1 Å². The first-order valence-corrected chi connectivity index (χ1v) is 16.8. The fourth-order valence-electron chi connectivity index (χ4n) is 4.89. The summed E-state index contributed by atoms with van der Waals surface area (Å²) in [6.45, 7) is 5.14. The second-order valence-electron chi connectivity index (χ2n) is 11.3. The number of hydrogen-bond acceptors (Lipinski definition) is 8. The molecule has 4 aromatic rings. The molecule has 3 aromatic carbocycles. The lowest BCUT2D eigenvalue weighted by atomic mass is 10.1. The van der Waals surface area contributed by atoms with Gasteiger partial charge in [-0.1, -0.05) is 41.4 Å². The predicted octanol–water partition coefficient (Wildman–Crippen LogP) is 4.53. The molecule has 5 rings (SSSR count). The molecule has 0 bridgehead atoms. The number of para-hydroxylation sites is 1. The third kappa shape index (κ3) is 10.1. The van der Waals surface area contributed by atoms with Crippen molar-refractivity contribution in [1.29, 1.82) is 0 Å². The number of amides is 3. The Kier molecular flexibility index (Phi) is 12.9. The zero-order valence-electron chi connectivity index (χ0n) is 27.0. The zero-order chi connectivity index (χ0) is 33.9. The number of piperazine rings is 1. The molecule has 0 radical (unpaired) electrons. The van der Waals surface area contributed by atoms with Crippen LogP contribution in [0.3, 0.4) is 0 Å². The maximum atomic E-state index is 12.8. The molecule has 3 amide bonds. The largest absolute Gasteiger partial charge is 0.451 e. The third-order valence-electron chi connectivity index (χ3n) is 7.54. The van der Waals surface area contributed by atoms with Crippen LogP contribution in [0.1, 0.15) is 26.5 Å². The molecule has 1 saturated heterocycles. The minimum Gasteiger partial charge on any atom is -0.451 e. The molecule has 47 heavy (non-hydrogen) atoms. The van der Waals surface area contributed by atoms with Gasteiger partial charge in [-0.15, -0.1) is 11.8 Å². The van der Waals surface area contributed by atoms with Crippen LogP contribution in [0, 0.1) is 6.92 Å². The summed E-state index contributed by atoms with van der Waals surface area (Å²) in [5.41, 5.74) is 2.68. The van der Waals surface area contributed by atoms with Crippen molar-refractivity contribution in [3.63, 3.8) is 0 Å². The molecule has 1 fully saturated rings. The van der Waals surface area contributed by atoms with Crippen LogP contribution in [0.5, 0.6) is 0 Å². The summed E-state index contributed by atoms with van der Waals surface area (Å²) in [6.07, 6.45) is 1.91. The van der Waals surface area contributed by atoms with Gasteiger partial charge < -0.3 is 29.8 Å². The molecule has 12 heteroatoms. The highest BCUT2D eigenvalue weighted by Crippen LogP contribution is 2.23. The summed E-state index contributed by atoms with van der Waals surface area (Å²) in [5.74, 6) is -1.12. The normalized spacial score (nSPS) is 12.8. The number of thioether (sulfide) groups is 1. The monoisotopic (exact) mass is 677 g/mol. The summed E-state index contributed by atoms with van der Waals surface area (Å²) in [5, 5.41) is 6.73. The van der Waals surface area contributed by atoms with Crippen molar-refractivity contribution < 1.29 is 18.8 Å². The van der Waals surface area contributed by atoms with Crippen LogP contribution in [0.4, 0.5) is 5.69 Å². The van der Waals surface area contributed by atoms with E-state index in [0.29, 0.717) is 49.3 Å². The van der Waals surface area contributed by atoms with Crippen molar-refractivity contribution in [2.45, 2.75) is 11.8 Å². The SMILES string of the molecule is CSc1ccc2oc(C(=O)NCC(=O)N3CCN(c4ccccc4C(=O)NCCN(C)C)CC3)cc(=O)c2c1.Cc1ccc(Cl)cc1. The van der Waals surface area contributed by atoms with Crippen molar-refractivity contribution in [3.8, 4) is 0 Å². The molecule has 1 aromatic heterocycles. The average Bonchev–Trinajstić information content (AvgIpc) is 3.08. The highest BCUT2D eigenvalue weighted by molar-refractivity contribution is 7.98. The van der Waals surface area contributed by atoms with E-state index >= 15 is 0 Å². The molecule has 1 aliphatic rings. The lowest BCUT2D eigenvalue weighted by Gasteiger charge is -2.37. The van der Waals surface area contributed by atoms with Gasteiger partial charge >= 0.3 is 0 Å². The maximum absolute atomic E-state index is 12.8. The predicted molar refractivity (Wildman–Crippen MR) is 189 cm³/mol. The molecular formula is C35H40ClN5O5S. The molecule has 0 unspecified atom stereocenters. The van der Waals surface area contributed by atoms with Crippen LogP contribution >= 0.6 is 23.4 Å². The van der Waals surface area contributed by atoms with Crippen LogP contribution in [0.15, 0.2) is 86.9 Å². The lowest BCUT2D eigenvalue weighted by Crippen LogP contribution is -2.51.